The van der Waals surface area contributed by atoms with Crippen molar-refractivity contribution in [2.24, 2.45) is 0 Å². The average Bonchev–Trinajstić information content (AvgIpc) is 2.74. The maximum absolute atomic E-state index is 14.3. The number of ether oxygens (including phenoxy) is 1. The van der Waals surface area contributed by atoms with Gasteiger partial charge in [-0.3, -0.25) is 4.79 Å². The lowest BCUT2D eigenvalue weighted by molar-refractivity contribution is -0.139. The third-order valence-electron chi connectivity index (χ3n) is 4.77. The Kier molecular flexibility index (Phi) is 8.29. The molecule has 168 valence electrons. The van der Waals surface area contributed by atoms with Crippen LogP contribution in [0.15, 0.2) is 53.4 Å². The molecule has 0 spiro atoms. The highest BCUT2D eigenvalue weighted by Gasteiger charge is 2.27. The van der Waals surface area contributed by atoms with Gasteiger partial charge in [-0.2, -0.15) is 4.31 Å². The Balaban J connectivity index is 2.16. The summed E-state index contributed by atoms with van der Waals surface area (Å²) in [7, 11) is -2.32. The number of carbonyl (C=O) groups excluding carboxylic acids is 2. The zero-order chi connectivity index (χ0) is 23.2. The highest BCUT2D eigenvalue weighted by Crippen LogP contribution is 2.20. The first-order valence-corrected chi connectivity index (χ1v) is 11.3. The lowest BCUT2D eigenvalue weighted by atomic mass is 10.2. The van der Waals surface area contributed by atoms with Crippen LogP contribution in [-0.2, 0) is 26.1 Å². The maximum Gasteiger partial charge on any atom is 0.341 e. The molecular weight excluding hydrogens is 423 g/mol. The van der Waals surface area contributed by atoms with Crippen molar-refractivity contribution in [3.05, 3.63) is 65.5 Å². The SMILES string of the molecule is CCN(CC)S(=O)(=O)c1ccc(F)c(C(=O)OC(C)C(=O)N(C)Cc2ccccc2)c1. The summed E-state index contributed by atoms with van der Waals surface area (Å²) in [6.07, 6.45) is -1.18. The van der Waals surface area contributed by atoms with Gasteiger partial charge in [0.2, 0.25) is 10.0 Å². The van der Waals surface area contributed by atoms with E-state index in [2.05, 4.69) is 0 Å². The molecule has 0 N–H and O–H groups in total. The summed E-state index contributed by atoms with van der Waals surface area (Å²) in [5, 5.41) is 0. The van der Waals surface area contributed by atoms with Crippen LogP contribution in [0.4, 0.5) is 4.39 Å². The molecule has 0 heterocycles. The number of rotatable bonds is 9. The second kappa shape index (κ2) is 10.5. The van der Waals surface area contributed by atoms with Gasteiger partial charge in [-0.25, -0.2) is 17.6 Å². The summed E-state index contributed by atoms with van der Waals surface area (Å²) in [5.74, 6) is -2.51. The van der Waals surface area contributed by atoms with Crippen LogP contribution < -0.4 is 0 Å². The Morgan fingerprint density at radius 3 is 2.26 bits per heavy atom. The number of likely N-dealkylation sites (N-methyl/N-ethyl adjacent to an activating group) is 1. The average molecular weight is 451 g/mol. The number of hydrogen-bond acceptors (Lipinski definition) is 5. The van der Waals surface area contributed by atoms with E-state index in [9.17, 15) is 22.4 Å². The Morgan fingerprint density at radius 2 is 1.68 bits per heavy atom. The molecule has 0 aromatic heterocycles. The Labute approximate surface area is 182 Å². The predicted octanol–water partition coefficient (Wildman–Crippen LogP) is 3.06. The zero-order valence-corrected chi connectivity index (χ0v) is 18.9. The minimum Gasteiger partial charge on any atom is -0.449 e. The molecular formula is C22H27FN2O5S. The van der Waals surface area contributed by atoms with E-state index in [-0.39, 0.29) is 18.0 Å². The Morgan fingerprint density at radius 1 is 1.06 bits per heavy atom. The first-order valence-electron chi connectivity index (χ1n) is 9.91. The van der Waals surface area contributed by atoms with Gasteiger partial charge in [-0.1, -0.05) is 44.2 Å². The molecule has 0 fully saturated rings. The fourth-order valence-corrected chi connectivity index (χ4v) is 4.54. The van der Waals surface area contributed by atoms with E-state index in [1.165, 1.54) is 16.1 Å². The van der Waals surface area contributed by atoms with Crippen LogP contribution in [0.25, 0.3) is 0 Å². The van der Waals surface area contributed by atoms with E-state index in [0.29, 0.717) is 6.54 Å². The van der Waals surface area contributed by atoms with Crippen molar-refractivity contribution in [3.63, 3.8) is 0 Å². The number of hydrogen-bond donors (Lipinski definition) is 0. The van der Waals surface area contributed by atoms with E-state index < -0.39 is 39.4 Å². The number of amides is 1. The van der Waals surface area contributed by atoms with Crippen LogP contribution in [0.3, 0.4) is 0 Å². The van der Waals surface area contributed by atoms with Crippen molar-refractivity contribution in [2.75, 3.05) is 20.1 Å². The summed E-state index contributed by atoms with van der Waals surface area (Å²) in [4.78, 5) is 26.2. The molecule has 1 unspecified atom stereocenters. The van der Waals surface area contributed by atoms with Gasteiger partial charge in [0.05, 0.1) is 10.5 Å². The molecule has 0 aliphatic carbocycles. The van der Waals surface area contributed by atoms with Gasteiger partial charge < -0.3 is 9.64 Å². The van der Waals surface area contributed by atoms with Crippen molar-refractivity contribution in [3.8, 4) is 0 Å². The highest BCUT2D eigenvalue weighted by atomic mass is 32.2. The minimum absolute atomic E-state index is 0.218. The van der Waals surface area contributed by atoms with Gasteiger partial charge in [0.1, 0.15) is 5.82 Å². The molecule has 0 bridgehead atoms. The Bertz CT molecular complexity index is 1020. The lowest BCUT2D eigenvalue weighted by Crippen LogP contribution is -2.37. The summed E-state index contributed by atoms with van der Waals surface area (Å²) in [6.45, 7) is 5.52. The van der Waals surface area contributed by atoms with Crippen LogP contribution in [0, 0.1) is 5.82 Å². The molecule has 0 aliphatic rings. The summed E-state index contributed by atoms with van der Waals surface area (Å²) < 4.78 is 45.9. The second-order valence-electron chi connectivity index (χ2n) is 6.96. The largest absolute Gasteiger partial charge is 0.449 e. The number of carbonyl (C=O) groups is 2. The fraction of sp³-hybridized carbons (Fsp3) is 0.364. The van der Waals surface area contributed by atoms with E-state index >= 15 is 0 Å². The smallest absolute Gasteiger partial charge is 0.341 e. The van der Waals surface area contributed by atoms with Crippen LogP contribution in [-0.4, -0.2) is 55.7 Å². The normalized spacial score (nSPS) is 12.5. The minimum atomic E-state index is -3.88. The monoisotopic (exact) mass is 450 g/mol. The van der Waals surface area contributed by atoms with Crippen LogP contribution in [0.5, 0.6) is 0 Å². The van der Waals surface area contributed by atoms with Gasteiger partial charge in [-0.05, 0) is 30.7 Å². The summed E-state index contributed by atoms with van der Waals surface area (Å²) in [6, 6.07) is 12.2. The summed E-state index contributed by atoms with van der Waals surface area (Å²) in [5.41, 5.74) is 0.357. The maximum atomic E-state index is 14.3. The molecule has 1 amide bonds. The number of halogens is 1. The van der Waals surface area contributed by atoms with Gasteiger partial charge >= 0.3 is 5.97 Å². The van der Waals surface area contributed by atoms with Crippen molar-refractivity contribution in [2.45, 2.75) is 38.3 Å². The molecule has 2 aromatic carbocycles. The van der Waals surface area contributed by atoms with Crippen LogP contribution in [0.1, 0.15) is 36.7 Å². The molecule has 2 aromatic rings. The van der Waals surface area contributed by atoms with Gasteiger partial charge in [0.15, 0.2) is 6.10 Å². The quantitative estimate of drug-likeness (QED) is 0.549. The van der Waals surface area contributed by atoms with Crippen molar-refractivity contribution < 1.29 is 27.1 Å². The molecule has 0 radical (unpaired) electrons. The first-order chi connectivity index (χ1) is 14.6. The summed E-state index contributed by atoms with van der Waals surface area (Å²) >= 11 is 0. The third-order valence-corrected chi connectivity index (χ3v) is 6.82. The van der Waals surface area contributed by atoms with Crippen LogP contribution in [0.2, 0.25) is 0 Å². The topological polar surface area (TPSA) is 84.0 Å². The number of esters is 1. The molecule has 1 atom stereocenters. The lowest BCUT2D eigenvalue weighted by Gasteiger charge is -2.22. The highest BCUT2D eigenvalue weighted by molar-refractivity contribution is 7.89. The Hall–Kier alpha value is -2.78. The fourth-order valence-electron chi connectivity index (χ4n) is 3.05. The number of sulfonamides is 1. The van der Waals surface area contributed by atoms with Crippen molar-refractivity contribution in [1.82, 2.24) is 9.21 Å². The first kappa shape index (κ1) is 24.5. The third kappa shape index (κ3) is 5.89. The van der Waals surface area contributed by atoms with Gasteiger partial charge in [0.25, 0.3) is 5.91 Å². The number of nitrogens with zero attached hydrogens (tertiary/aromatic N) is 2. The molecule has 7 nitrogen and oxygen atoms in total. The molecule has 9 heteroatoms. The van der Waals surface area contributed by atoms with E-state index in [1.54, 1.807) is 20.9 Å². The second-order valence-corrected chi connectivity index (χ2v) is 8.90. The van der Waals surface area contributed by atoms with Crippen LogP contribution >= 0.6 is 0 Å². The van der Waals surface area contributed by atoms with Crippen molar-refractivity contribution in [1.29, 1.82) is 0 Å². The molecule has 0 saturated carbocycles. The zero-order valence-electron chi connectivity index (χ0n) is 18.0. The molecule has 31 heavy (non-hydrogen) atoms. The predicted molar refractivity (Wildman–Crippen MR) is 114 cm³/mol. The molecule has 0 aliphatic heterocycles. The van der Waals surface area contributed by atoms with E-state index in [0.717, 1.165) is 23.8 Å². The van der Waals surface area contributed by atoms with Gasteiger partial charge in [-0.15, -0.1) is 0 Å². The van der Waals surface area contributed by atoms with Gasteiger partial charge in [0, 0.05) is 26.7 Å². The molecule has 2 rings (SSSR count). The number of benzene rings is 2. The standard InChI is InChI=1S/C22H27FN2O5S/c1-5-25(6-2)31(28,29)18-12-13-20(23)19(14-18)22(27)30-16(3)21(26)24(4)15-17-10-8-7-9-11-17/h7-14,16H,5-6,15H2,1-4H3. The van der Waals surface area contributed by atoms with E-state index in [4.69, 9.17) is 4.74 Å². The van der Waals surface area contributed by atoms with Crippen molar-refractivity contribution >= 4 is 21.9 Å². The van der Waals surface area contributed by atoms with E-state index in [1.807, 2.05) is 30.3 Å². The molecule has 0 saturated heterocycles.